The first-order valence-electron chi connectivity index (χ1n) is 8.85. The smallest absolute Gasteiger partial charge is 0.165 e. The fourth-order valence-corrected chi connectivity index (χ4v) is 3.30. The second-order valence-electron chi connectivity index (χ2n) is 6.66. The first-order chi connectivity index (χ1) is 12.7. The highest BCUT2D eigenvalue weighted by atomic mass is 16.5. The zero-order valence-electron chi connectivity index (χ0n) is 15.1. The molecular formula is C18H23N7O. The molecule has 1 unspecified atom stereocenters. The number of pyridine rings is 1. The molecule has 0 saturated carbocycles. The van der Waals surface area contributed by atoms with Crippen LogP contribution in [0.25, 0.3) is 11.2 Å². The van der Waals surface area contributed by atoms with E-state index in [4.69, 9.17) is 4.74 Å². The van der Waals surface area contributed by atoms with Gasteiger partial charge in [0.25, 0.3) is 0 Å². The third-order valence-electron chi connectivity index (χ3n) is 4.56. The Bertz CT molecular complexity index is 886. The standard InChI is InChI=1S/C18H23N7O/c1-24(2)17-13(5-3-7-19-17)9-20-16-15-18(22-11-21-16)25(12-23-15)10-14-6-4-8-26-14/h3,5,7,11-12,14H,4,6,8-10H2,1-2H3,(H,20,21,22). The lowest BCUT2D eigenvalue weighted by Gasteiger charge is -2.16. The highest BCUT2D eigenvalue weighted by Crippen LogP contribution is 2.22. The fraction of sp³-hybridized carbons (Fsp3) is 0.444. The number of aromatic nitrogens is 5. The Morgan fingerprint density at radius 3 is 3.00 bits per heavy atom. The molecule has 3 aromatic rings. The quantitative estimate of drug-likeness (QED) is 0.726. The van der Waals surface area contributed by atoms with Crippen LogP contribution in [0.3, 0.4) is 0 Å². The van der Waals surface area contributed by atoms with E-state index >= 15 is 0 Å². The van der Waals surface area contributed by atoms with Gasteiger partial charge in [0.2, 0.25) is 0 Å². The molecule has 8 nitrogen and oxygen atoms in total. The van der Waals surface area contributed by atoms with Crippen LogP contribution in [-0.2, 0) is 17.8 Å². The Balaban J connectivity index is 1.55. The minimum Gasteiger partial charge on any atom is -0.376 e. The number of anilines is 2. The van der Waals surface area contributed by atoms with E-state index in [1.807, 2.05) is 36.0 Å². The van der Waals surface area contributed by atoms with Gasteiger partial charge in [-0.05, 0) is 18.9 Å². The van der Waals surface area contributed by atoms with Crippen LogP contribution < -0.4 is 10.2 Å². The molecule has 1 atom stereocenters. The zero-order chi connectivity index (χ0) is 17.9. The van der Waals surface area contributed by atoms with E-state index in [1.54, 1.807) is 12.5 Å². The molecule has 1 fully saturated rings. The third-order valence-corrected chi connectivity index (χ3v) is 4.56. The Morgan fingerprint density at radius 1 is 1.27 bits per heavy atom. The minimum atomic E-state index is 0.247. The van der Waals surface area contributed by atoms with Crippen LogP contribution in [-0.4, -0.2) is 51.3 Å². The van der Waals surface area contributed by atoms with Crippen molar-refractivity contribution in [3.63, 3.8) is 0 Å². The molecule has 0 aliphatic carbocycles. The van der Waals surface area contributed by atoms with Gasteiger partial charge in [-0.1, -0.05) is 6.07 Å². The maximum Gasteiger partial charge on any atom is 0.165 e. The van der Waals surface area contributed by atoms with E-state index in [0.29, 0.717) is 6.54 Å². The third kappa shape index (κ3) is 3.32. The molecule has 0 spiro atoms. The Labute approximate surface area is 152 Å². The van der Waals surface area contributed by atoms with E-state index in [0.717, 1.165) is 54.4 Å². The van der Waals surface area contributed by atoms with Crippen LogP contribution in [0.2, 0.25) is 0 Å². The Morgan fingerprint density at radius 2 is 2.19 bits per heavy atom. The normalized spacial score (nSPS) is 16.9. The number of nitrogens with zero attached hydrogens (tertiary/aromatic N) is 6. The summed E-state index contributed by atoms with van der Waals surface area (Å²) in [7, 11) is 3.98. The number of nitrogens with one attached hydrogen (secondary N) is 1. The average Bonchev–Trinajstić information content (AvgIpc) is 3.31. The monoisotopic (exact) mass is 353 g/mol. The van der Waals surface area contributed by atoms with Gasteiger partial charge in [0.15, 0.2) is 11.5 Å². The number of hydrogen-bond acceptors (Lipinski definition) is 7. The first-order valence-corrected chi connectivity index (χ1v) is 8.85. The van der Waals surface area contributed by atoms with Gasteiger partial charge in [-0.25, -0.2) is 19.9 Å². The summed E-state index contributed by atoms with van der Waals surface area (Å²) in [4.78, 5) is 19.8. The number of ether oxygens (including phenoxy) is 1. The molecule has 4 heterocycles. The van der Waals surface area contributed by atoms with Crippen LogP contribution in [0.4, 0.5) is 11.6 Å². The molecule has 0 radical (unpaired) electrons. The van der Waals surface area contributed by atoms with Gasteiger partial charge in [-0.2, -0.15) is 0 Å². The van der Waals surface area contributed by atoms with Crippen molar-refractivity contribution in [2.75, 3.05) is 30.9 Å². The Kier molecular flexibility index (Phi) is 4.66. The molecule has 0 aromatic carbocycles. The minimum absolute atomic E-state index is 0.247. The lowest BCUT2D eigenvalue weighted by Crippen LogP contribution is -2.15. The van der Waals surface area contributed by atoms with E-state index in [9.17, 15) is 0 Å². The molecule has 1 aliphatic rings. The molecule has 1 aliphatic heterocycles. The summed E-state index contributed by atoms with van der Waals surface area (Å²) in [6.45, 7) is 2.24. The van der Waals surface area contributed by atoms with Crippen LogP contribution in [0, 0.1) is 0 Å². The van der Waals surface area contributed by atoms with Crippen LogP contribution in [0.5, 0.6) is 0 Å². The van der Waals surface area contributed by atoms with Gasteiger partial charge >= 0.3 is 0 Å². The number of fused-ring (bicyclic) bond motifs is 1. The van der Waals surface area contributed by atoms with Gasteiger partial charge in [0, 0.05) is 39.0 Å². The second kappa shape index (κ2) is 7.25. The molecule has 3 aromatic heterocycles. The lowest BCUT2D eigenvalue weighted by molar-refractivity contribution is 0.0978. The van der Waals surface area contributed by atoms with Gasteiger partial charge in [0.1, 0.15) is 17.7 Å². The van der Waals surface area contributed by atoms with Crippen molar-refractivity contribution in [2.45, 2.75) is 32.0 Å². The summed E-state index contributed by atoms with van der Waals surface area (Å²) >= 11 is 0. The van der Waals surface area contributed by atoms with Crippen molar-refractivity contribution < 1.29 is 4.74 Å². The topological polar surface area (TPSA) is 81.0 Å². The number of imidazole rings is 1. The van der Waals surface area contributed by atoms with Crippen molar-refractivity contribution in [3.05, 3.63) is 36.5 Å². The van der Waals surface area contributed by atoms with Crippen LogP contribution in [0.15, 0.2) is 31.0 Å². The van der Waals surface area contributed by atoms with Crippen molar-refractivity contribution >= 4 is 22.8 Å². The van der Waals surface area contributed by atoms with Gasteiger partial charge in [-0.3, -0.25) is 0 Å². The summed E-state index contributed by atoms with van der Waals surface area (Å²) in [5.74, 6) is 1.67. The lowest BCUT2D eigenvalue weighted by atomic mass is 10.2. The molecule has 26 heavy (non-hydrogen) atoms. The summed E-state index contributed by atoms with van der Waals surface area (Å²) < 4.78 is 7.78. The summed E-state index contributed by atoms with van der Waals surface area (Å²) in [5, 5.41) is 3.38. The van der Waals surface area contributed by atoms with E-state index in [1.165, 1.54) is 0 Å². The van der Waals surface area contributed by atoms with Crippen molar-refractivity contribution in [1.82, 2.24) is 24.5 Å². The van der Waals surface area contributed by atoms with Gasteiger partial charge < -0.3 is 19.5 Å². The van der Waals surface area contributed by atoms with E-state index in [-0.39, 0.29) is 6.10 Å². The van der Waals surface area contributed by atoms with Crippen LogP contribution >= 0.6 is 0 Å². The summed E-state index contributed by atoms with van der Waals surface area (Å²) in [6.07, 6.45) is 7.66. The van der Waals surface area contributed by atoms with Crippen LogP contribution in [0.1, 0.15) is 18.4 Å². The predicted molar refractivity (Wildman–Crippen MR) is 100 cm³/mol. The molecule has 0 amide bonds. The van der Waals surface area contributed by atoms with Crippen molar-refractivity contribution in [1.29, 1.82) is 0 Å². The fourth-order valence-electron chi connectivity index (χ4n) is 3.30. The van der Waals surface area contributed by atoms with Gasteiger partial charge in [0.05, 0.1) is 19.0 Å². The maximum absolute atomic E-state index is 5.73. The van der Waals surface area contributed by atoms with Gasteiger partial charge in [-0.15, -0.1) is 0 Å². The van der Waals surface area contributed by atoms with Crippen molar-refractivity contribution in [2.24, 2.45) is 0 Å². The molecule has 1 saturated heterocycles. The largest absolute Gasteiger partial charge is 0.376 e. The second-order valence-corrected chi connectivity index (χ2v) is 6.66. The van der Waals surface area contributed by atoms with E-state index < -0.39 is 0 Å². The SMILES string of the molecule is CN(C)c1ncccc1CNc1ncnc2c1ncn2CC1CCCO1. The predicted octanol–water partition coefficient (Wildman–Crippen LogP) is 2.08. The van der Waals surface area contributed by atoms with Crippen molar-refractivity contribution in [3.8, 4) is 0 Å². The molecular weight excluding hydrogens is 330 g/mol. The molecule has 4 rings (SSSR count). The molecule has 8 heteroatoms. The highest BCUT2D eigenvalue weighted by Gasteiger charge is 2.18. The van der Waals surface area contributed by atoms with E-state index in [2.05, 4.69) is 31.3 Å². The average molecular weight is 353 g/mol. The highest BCUT2D eigenvalue weighted by molar-refractivity contribution is 5.82. The molecule has 1 N–H and O–H groups in total. The first kappa shape index (κ1) is 16.7. The Hall–Kier alpha value is -2.74. The molecule has 136 valence electrons. The molecule has 0 bridgehead atoms. The summed E-state index contributed by atoms with van der Waals surface area (Å²) in [6, 6.07) is 4.00. The zero-order valence-corrected chi connectivity index (χ0v) is 15.1. The number of rotatable bonds is 6. The maximum atomic E-state index is 5.73. The summed E-state index contributed by atoms with van der Waals surface area (Å²) in [5.41, 5.74) is 2.71. The number of hydrogen-bond donors (Lipinski definition) is 1.